The third kappa shape index (κ3) is 4.42. The molecule has 3 heterocycles. The van der Waals surface area contributed by atoms with Gasteiger partial charge in [0.15, 0.2) is 5.82 Å². The molecule has 156 valence electrons. The quantitative estimate of drug-likeness (QED) is 0.674. The van der Waals surface area contributed by atoms with E-state index in [4.69, 9.17) is 4.74 Å². The SMILES string of the molecule is CCOc1ccc(C(=O)Nc2cnn(-c3ncncc3N3CCC(C)CC3)c2)cc1. The smallest absolute Gasteiger partial charge is 0.255 e. The number of anilines is 2. The predicted octanol–water partition coefficient (Wildman–Crippen LogP) is 3.55. The summed E-state index contributed by atoms with van der Waals surface area (Å²) in [7, 11) is 0. The molecule has 0 aliphatic carbocycles. The lowest BCUT2D eigenvalue weighted by atomic mass is 9.99. The fraction of sp³-hybridized carbons (Fsp3) is 0.364. The maximum absolute atomic E-state index is 12.6. The van der Waals surface area contributed by atoms with Crippen molar-refractivity contribution >= 4 is 17.3 Å². The molecule has 4 rings (SSSR count). The summed E-state index contributed by atoms with van der Waals surface area (Å²) >= 11 is 0. The van der Waals surface area contributed by atoms with E-state index in [1.807, 2.05) is 13.1 Å². The highest BCUT2D eigenvalue weighted by Crippen LogP contribution is 2.27. The summed E-state index contributed by atoms with van der Waals surface area (Å²) in [6.07, 6.45) is 9.04. The largest absolute Gasteiger partial charge is 0.494 e. The lowest BCUT2D eigenvalue weighted by Crippen LogP contribution is -2.33. The van der Waals surface area contributed by atoms with E-state index >= 15 is 0 Å². The molecule has 2 aromatic heterocycles. The molecular formula is C22H26N6O2. The number of carbonyl (C=O) groups excluding carboxylic acids is 1. The second-order valence-electron chi connectivity index (χ2n) is 7.49. The molecule has 8 heteroatoms. The number of nitrogens with one attached hydrogen (secondary N) is 1. The summed E-state index contributed by atoms with van der Waals surface area (Å²) < 4.78 is 7.10. The molecule has 1 saturated heterocycles. The Morgan fingerprint density at radius 1 is 1.20 bits per heavy atom. The highest BCUT2D eigenvalue weighted by molar-refractivity contribution is 6.04. The minimum atomic E-state index is -0.203. The van der Waals surface area contributed by atoms with Crippen LogP contribution in [0.1, 0.15) is 37.0 Å². The van der Waals surface area contributed by atoms with Crippen molar-refractivity contribution in [3.8, 4) is 11.6 Å². The van der Waals surface area contributed by atoms with Crippen LogP contribution in [0.4, 0.5) is 11.4 Å². The molecule has 1 aliphatic heterocycles. The van der Waals surface area contributed by atoms with Gasteiger partial charge < -0.3 is 15.0 Å². The number of aromatic nitrogens is 4. The van der Waals surface area contributed by atoms with Gasteiger partial charge in [-0.1, -0.05) is 6.92 Å². The lowest BCUT2D eigenvalue weighted by Gasteiger charge is -2.32. The molecule has 1 aromatic carbocycles. The Hall–Kier alpha value is -3.42. The first-order chi connectivity index (χ1) is 14.6. The molecule has 1 aliphatic rings. The van der Waals surface area contributed by atoms with Gasteiger partial charge in [0.25, 0.3) is 5.91 Å². The topological polar surface area (TPSA) is 85.2 Å². The number of carbonyl (C=O) groups is 1. The van der Waals surface area contributed by atoms with Crippen molar-refractivity contribution in [2.45, 2.75) is 26.7 Å². The van der Waals surface area contributed by atoms with Crippen molar-refractivity contribution in [2.24, 2.45) is 5.92 Å². The third-order valence-corrected chi connectivity index (χ3v) is 5.28. The number of hydrogen-bond acceptors (Lipinski definition) is 6. The van der Waals surface area contributed by atoms with E-state index in [1.165, 1.54) is 6.33 Å². The molecule has 0 radical (unpaired) electrons. The average molecular weight is 406 g/mol. The van der Waals surface area contributed by atoms with E-state index < -0.39 is 0 Å². The van der Waals surface area contributed by atoms with Crippen LogP contribution in [0.5, 0.6) is 5.75 Å². The number of amides is 1. The van der Waals surface area contributed by atoms with Crippen LogP contribution in [-0.2, 0) is 0 Å². The Kier molecular flexibility index (Phi) is 5.92. The summed E-state index contributed by atoms with van der Waals surface area (Å²) in [6.45, 7) is 6.75. The highest BCUT2D eigenvalue weighted by atomic mass is 16.5. The Morgan fingerprint density at radius 2 is 1.97 bits per heavy atom. The van der Waals surface area contributed by atoms with Crippen LogP contribution in [0.2, 0.25) is 0 Å². The Balaban J connectivity index is 1.49. The minimum Gasteiger partial charge on any atom is -0.494 e. The van der Waals surface area contributed by atoms with E-state index in [0.29, 0.717) is 23.7 Å². The first kappa shape index (κ1) is 19.9. The van der Waals surface area contributed by atoms with Crippen LogP contribution in [0.25, 0.3) is 5.82 Å². The van der Waals surface area contributed by atoms with Crippen molar-refractivity contribution in [1.29, 1.82) is 0 Å². The summed E-state index contributed by atoms with van der Waals surface area (Å²) in [5.74, 6) is 1.99. The van der Waals surface area contributed by atoms with Gasteiger partial charge in [-0.05, 0) is 49.9 Å². The second kappa shape index (κ2) is 8.94. The van der Waals surface area contributed by atoms with Crippen LogP contribution in [0.15, 0.2) is 49.2 Å². The zero-order chi connectivity index (χ0) is 20.9. The number of rotatable bonds is 6. The number of nitrogens with zero attached hydrogens (tertiary/aromatic N) is 5. The number of piperidine rings is 1. The van der Waals surface area contributed by atoms with Crippen molar-refractivity contribution in [1.82, 2.24) is 19.7 Å². The normalized spacial score (nSPS) is 14.5. The average Bonchev–Trinajstić information content (AvgIpc) is 3.23. The molecule has 3 aromatic rings. The maximum atomic E-state index is 12.6. The molecule has 0 bridgehead atoms. The molecule has 8 nitrogen and oxygen atoms in total. The van der Waals surface area contributed by atoms with Gasteiger partial charge >= 0.3 is 0 Å². The van der Waals surface area contributed by atoms with Crippen LogP contribution in [0, 0.1) is 5.92 Å². The number of ether oxygens (including phenoxy) is 1. The van der Waals surface area contributed by atoms with Gasteiger partial charge in [-0.15, -0.1) is 0 Å². The summed E-state index contributed by atoms with van der Waals surface area (Å²) in [6, 6.07) is 7.05. The highest BCUT2D eigenvalue weighted by Gasteiger charge is 2.20. The molecule has 0 saturated carbocycles. The van der Waals surface area contributed by atoms with Gasteiger partial charge in [0, 0.05) is 18.7 Å². The number of benzene rings is 1. The predicted molar refractivity (Wildman–Crippen MR) is 115 cm³/mol. The van der Waals surface area contributed by atoms with Gasteiger partial charge in [0.1, 0.15) is 17.8 Å². The maximum Gasteiger partial charge on any atom is 0.255 e. The zero-order valence-corrected chi connectivity index (χ0v) is 17.3. The van der Waals surface area contributed by atoms with Gasteiger partial charge in [0.05, 0.1) is 30.9 Å². The first-order valence-electron chi connectivity index (χ1n) is 10.3. The molecular weight excluding hydrogens is 380 g/mol. The van der Waals surface area contributed by atoms with Crippen LogP contribution in [0.3, 0.4) is 0 Å². The number of hydrogen-bond donors (Lipinski definition) is 1. The Bertz CT molecular complexity index is 993. The fourth-order valence-corrected chi connectivity index (χ4v) is 3.54. The Morgan fingerprint density at radius 3 is 2.70 bits per heavy atom. The van der Waals surface area contributed by atoms with Gasteiger partial charge in [-0.2, -0.15) is 5.10 Å². The molecule has 0 atom stereocenters. The van der Waals surface area contributed by atoms with Crippen LogP contribution in [-0.4, -0.2) is 45.4 Å². The second-order valence-corrected chi connectivity index (χ2v) is 7.49. The van der Waals surface area contributed by atoms with Crippen molar-refractivity contribution in [3.05, 3.63) is 54.7 Å². The van der Waals surface area contributed by atoms with Crippen molar-refractivity contribution in [2.75, 3.05) is 29.9 Å². The van der Waals surface area contributed by atoms with E-state index in [0.717, 1.165) is 43.3 Å². The van der Waals surface area contributed by atoms with Crippen LogP contribution < -0.4 is 15.0 Å². The summed E-state index contributed by atoms with van der Waals surface area (Å²) in [4.78, 5) is 23.5. The monoisotopic (exact) mass is 406 g/mol. The van der Waals surface area contributed by atoms with Crippen molar-refractivity contribution < 1.29 is 9.53 Å². The fourth-order valence-electron chi connectivity index (χ4n) is 3.54. The van der Waals surface area contributed by atoms with Crippen LogP contribution >= 0.6 is 0 Å². The Labute approximate surface area is 175 Å². The first-order valence-corrected chi connectivity index (χ1v) is 10.3. The standard InChI is InChI=1S/C22H26N6O2/c1-3-30-19-6-4-17(5-7-19)22(29)26-18-12-25-28(14-18)21-20(13-23-15-24-21)27-10-8-16(2)9-11-27/h4-7,12-16H,3,8-11H2,1-2H3,(H,26,29). The molecule has 30 heavy (non-hydrogen) atoms. The van der Waals surface area contributed by atoms with Gasteiger partial charge in [-0.3, -0.25) is 4.79 Å². The summed E-state index contributed by atoms with van der Waals surface area (Å²) in [5, 5.41) is 7.29. The van der Waals surface area contributed by atoms with Gasteiger partial charge in [0.2, 0.25) is 0 Å². The lowest BCUT2D eigenvalue weighted by molar-refractivity contribution is 0.102. The van der Waals surface area contributed by atoms with Crippen molar-refractivity contribution in [3.63, 3.8) is 0 Å². The van der Waals surface area contributed by atoms with Gasteiger partial charge in [-0.25, -0.2) is 14.6 Å². The van der Waals surface area contributed by atoms with E-state index in [9.17, 15) is 4.79 Å². The van der Waals surface area contributed by atoms with E-state index in [1.54, 1.807) is 41.3 Å². The molecule has 1 N–H and O–H groups in total. The third-order valence-electron chi connectivity index (χ3n) is 5.28. The molecule has 0 unspecified atom stereocenters. The van der Waals surface area contributed by atoms with E-state index in [-0.39, 0.29) is 5.91 Å². The minimum absolute atomic E-state index is 0.203. The zero-order valence-electron chi connectivity index (χ0n) is 17.3. The van der Waals surface area contributed by atoms with E-state index in [2.05, 4.69) is 32.2 Å². The molecule has 1 amide bonds. The molecule has 1 fully saturated rings. The summed E-state index contributed by atoms with van der Waals surface area (Å²) in [5.41, 5.74) is 2.11. The molecule has 0 spiro atoms.